The third-order valence-corrected chi connectivity index (χ3v) is 7.59. The van der Waals surface area contributed by atoms with E-state index in [0.29, 0.717) is 26.3 Å². The van der Waals surface area contributed by atoms with Crippen LogP contribution in [0.5, 0.6) is 5.75 Å². The number of anilines is 2. The highest BCUT2D eigenvalue weighted by Crippen LogP contribution is 2.39. The molecule has 3 aromatic rings. The van der Waals surface area contributed by atoms with Gasteiger partial charge in [-0.25, -0.2) is 4.39 Å². The third-order valence-electron chi connectivity index (χ3n) is 5.70. The van der Waals surface area contributed by atoms with Gasteiger partial charge in [-0.2, -0.15) is 0 Å². The molecule has 3 aromatic carbocycles. The minimum Gasteiger partial charge on any atom is -0.488 e. The van der Waals surface area contributed by atoms with E-state index in [1.54, 1.807) is 30.3 Å². The summed E-state index contributed by atoms with van der Waals surface area (Å²) in [6.45, 7) is 6.05. The number of benzene rings is 3. The first-order valence-electron chi connectivity index (χ1n) is 11.3. The molecule has 4 nitrogen and oxygen atoms in total. The summed E-state index contributed by atoms with van der Waals surface area (Å²) in [5, 5.41) is 1.06. The van der Waals surface area contributed by atoms with Crippen LogP contribution in [0.1, 0.15) is 25.0 Å². The minimum atomic E-state index is -0.512. The van der Waals surface area contributed by atoms with Crippen molar-refractivity contribution in [3.63, 3.8) is 0 Å². The zero-order valence-corrected chi connectivity index (χ0v) is 22.8. The van der Waals surface area contributed by atoms with Gasteiger partial charge in [-0.1, -0.05) is 65.4 Å². The monoisotopic (exact) mass is 560 g/mol. The van der Waals surface area contributed by atoms with E-state index in [-0.39, 0.29) is 22.5 Å². The number of nitrogens with zero attached hydrogens (tertiary/aromatic N) is 2. The van der Waals surface area contributed by atoms with E-state index < -0.39 is 5.82 Å². The summed E-state index contributed by atoms with van der Waals surface area (Å²) in [6.07, 6.45) is 1.73. The van der Waals surface area contributed by atoms with Crippen molar-refractivity contribution in [2.24, 2.45) is 0 Å². The van der Waals surface area contributed by atoms with Gasteiger partial charge in [-0.05, 0) is 56.3 Å². The van der Waals surface area contributed by atoms with E-state index in [1.807, 2.05) is 24.3 Å². The Morgan fingerprint density at radius 1 is 1.08 bits per heavy atom. The second-order valence-corrected chi connectivity index (χ2v) is 10.4. The SMILES string of the molecule is CCN(CC)c1ccc(/C=C2\SC(=S)N(c3ccccc3F)C2=O)c(OCc2ccc(Cl)cc2Cl)c1. The first-order valence-corrected chi connectivity index (χ1v) is 13.3. The minimum absolute atomic E-state index is 0.133. The summed E-state index contributed by atoms with van der Waals surface area (Å²) in [5.41, 5.74) is 2.61. The van der Waals surface area contributed by atoms with Gasteiger partial charge in [0.1, 0.15) is 18.2 Å². The van der Waals surface area contributed by atoms with Crippen LogP contribution in [0.25, 0.3) is 6.08 Å². The highest BCUT2D eigenvalue weighted by Gasteiger charge is 2.35. The number of rotatable bonds is 8. The largest absolute Gasteiger partial charge is 0.488 e. The highest BCUT2D eigenvalue weighted by atomic mass is 35.5. The fourth-order valence-corrected chi connectivity index (χ4v) is 5.54. The average molecular weight is 562 g/mol. The number of thioether (sulfide) groups is 1. The predicted molar refractivity (Wildman–Crippen MR) is 153 cm³/mol. The van der Waals surface area contributed by atoms with Crippen LogP contribution in [0.2, 0.25) is 10.0 Å². The second kappa shape index (κ2) is 11.6. The van der Waals surface area contributed by atoms with Crippen molar-refractivity contribution in [2.75, 3.05) is 22.9 Å². The number of thiocarbonyl (C=S) groups is 1. The van der Waals surface area contributed by atoms with E-state index >= 15 is 0 Å². The Kier molecular flexibility index (Phi) is 8.57. The molecule has 0 spiro atoms. The number of carbonyl (C=O) groups is 1. The van der Waals surface area contributed by atoms with Crippen LogP contribution < -0.4 is 14.5 Å². The van der Waals surface area contributed by atoms with Gasteiger partial charge < -0.3 is 9.64 Å². The summed E-state index contributed by atoms with van der Waals surface area (Å²) in [7, 11) is 0. The lowest BCUT2D eigenvalue weighted by atomic mass is 10.1. The molecule has 9 heteroatoms. The van der Waals surface area contributed by atoms with Crippen LogP contribution >= 0.6 is 47.2 Å². The van der Waals surface area contributed by atoms with Crippen molar-refractivity contribution in [3.8, 4) is 5.75 Å². The maximum Gasteiger partial charge on any atom is 0.270 e. The quantitative estimate of drug-likeness (QED) is 0.206. The number of halogens is 3. The van der Waals surface area contributed by atoms with Gasteiger partial charge in [0.25, 0.3) is 5.91 Å². The smallest absolute Gasteiger partial charge is 0.270 e. The van der Waals surface area contributed by atoms with Crippen molar-refractivity contribution < 1.29 is 13.9 Å². The molecule has 0 radical (unpaired) electrons. The van der Waals surface area contributed by atoms with Gasteiger partial charge in [0, 0.05) is 46.0 Å². The zero-order chi connectivity index (χ0) is 25.8. The molecular formula is C27H23Cl2FN2O2S2. The van der Waals surface area contributed by atoms with Crippen LogP contribution in [0, 0.1) is 5.82 Å². The lowest BCUT2D eigenvalue weighted by Gasteiger charge is -2.22. The van der Waals surface area contributed by atoms with Gasteiger partial charge in [0.05, 0.1) is 10.6 Å². The number of amides is 1. The van der Waals surface area contributed by atoms with Crippen LogP contribution in [0.4, 0.5) is 15.8 Å². The summed E-state index contributed by atoms with van der Waals surface area (Å²) >= 11 is 18.9. The Morgan fingerprint density at radius 2 is 1.83 bits per heavy atom. The molecule has 0 bridgehead atoms. The molecule has 1 aliphatic heterocycles. The molecule has 0 aromatic heterocycles. The molecule has 36 heavy (non-hydrogen) atoms. The number of carbonyl (C=O) groups excluding carboxylic acids is 1. The van der Waals surface area contributed by atoms with E-state index in [1.165, 1.54) is 17.0 Å². The van der Waals surface area contributed by atoms with Crippen LogP contribution in [0.3, 0.4) is 0 Å². The van der Waals surface area contributed by atoms with Crippen molar-refractivity contribution in [2.45, 2.75) is 20.5 Å². The molecule has 0 atom stereocenters. The molecular weight excluding hydrogens is 538 g/mol. The Morgan fingerprint density at radius 3 is 2.53 bits per heavy atom. The first-order chi connectivity index (χ1) is 17.3. The van der Waals surface area contributed by atoms with Gasteiger partial charge in [0.2, 0.25) is 0 Å². The summed E-state index contributed by atoms with van der Waals surface area (Å²) < 4.78 is 20.9. The normalized spacial score (nSPS) is 14.6. The van der Waals surface area contributed by atoms with Gasteiger partial charge in [0.15, 0.2) is 4.32 Å². The first kappa shape index (κ1) is 26.5. The van der Waals surface area contributed by atoms with E-state index in [9.17, 15) is 9.18 Å². The second-order valence-electron chi connectivity index (χ2n) is 7.89. The Labute approximate surface area is 229 Å². The predicted octanol–water partition coefficient (Wildman–Crippen LogP) is 7.96. The van der Waals surface area contributed by atoms with Gasteiger partial charge in [-0.15, -0.1) is 0 Å². The number of hydrogen-bond acceptors (Lipinski definition) is 5. The Hall–Kier alpha value is -2.58. The number of hydrogen-bond donors (Lipinski definition) is 0. The standard InChI is InChI=1S/C27H23Cl2FN2O2S2/c1-3-31(4-2)20-12-10-17(24(15-20)34-16-18-9-11-19(28)14-21(18)29)13-25-26(33)32(27(35)36-25)23-8-6-5-7-22(23)30/h5-15H,3-4,16H2,1-2H3/b25-13-. The molecule has 1 amide bonds. The Bertz CT molecular complexity index is 1350. The molecule has 0 saturated carbocycles. The Balaban J connectivity index is 1.68. The molecule has 0 N–H and O–H groups in total. The molecule has 4 rings (SSSR count). The fourth-order valence-electron chi connectivity index (χ4n) is 3.80. The fraction of sp³-hybridized carbons (Fsp3) is 0.185. The molecule has 186 valence electrons. The highest BCUT2D eigenvalue weighted by molar-refractivity contribution is 8.27. The summed E-state index contributed by atoms with van der Waals surface area (Å²) in [4.78, 5) is 17.0. The van der Waals surface area contributed by atoms with Crippen molar-refractivity contribution in [1.82, 2.24) is 0 Å². The molecule has 1 heterocycles. The van der Waals surface area contributed by atoms with E-state index in [0.717, 1.165) is 36.1 Å². The molecule has 0 aliphatic carbocycles. The van der Waals surface area contributed by atoms with Crippen LogP contribution in [-0.2, 0) is 11.4 Å². The molecule has 1 saturated heterocycles. The molecule has 1 aliphatic rings. The van der Waals surface area contributed by atoms with Crippen molar-refractivity contribution in [3.05, 3.63) is 92.6 Å². The third kappa shape index (κ3) is 5.70. The van der Waals surface area contributed by atoms with Crippen LogP contribution in [-0.4, -0.2) is 23.3 Å². The lowest BCUT2D eigenvalue weighted by Crippen LogP contribution is -2.28. The van der Waals surface area contributed by atoms with Crippen molar-refractivity contribution in [1.29, 1.82) is 0 Å². The van der Waals surface area contributed by atoms with Crippen molar-refractivity contribution >= 4 is 74.9 Å². The number of para-hydroxylation sites is 1. The van der Waals surface area contributed by atoms with E-state index in [2.05, 4.69) is 18.7 Å². The topological polar surface area (TPSA) is 32.8 Å². The maximum absolute atomic E-state index is 14.4. The summed E-state index contributed by atoms with van der Waals surface area (Å²) in [6, 6.07) is 17.2. The average Bonchev–Trinajstić information content (AvgIpc) is 3.13. The number of ether oxygens (including phenoxy) is 1. The van der Waals surface area contributed by atoms with E-state index in [4.69, 9.17) is 40.2 Å². The molecule has 1 fully saturated rings. The maximum atomic E-state index is 14.4. The summed E-state index contributed by atoms with van der Waals surface area (Å²) in [5.74, 6) is -0.307. The van der Waals surface area contributed by atoms with Gasteiger partial charge in [-0.3, -0.25) is 9.69 Å². The zero-order valence-electron chi connectivity index (χ0n) is 19.6. The van der Waals surface area contributed by atoms with Crippen LogP contribution in [0.15, 0.2) is 65.6 Å². The molecule has 0 unspecified atom stereocenters. The van der Waals surface area contributed by atoms with Gasteiger partial charge >= 0.3 is 0 Å². The lowest BCUT2D eigenvalue weighted by molar-refractivity contribution is -0.113.